The zero-order chi connectivity index (χ0) is 20.3. The van der Waals surface area contributed by atoms with Crippen LogP contribution < -0.4 is 14.8 Å². The minimum absolute atomic E-state index is 0.0640. The quantitative estimate of drug-likeness (QED) is 0.761. The van der Waals surface area contributed by atoms with Gasteiger partial charge in [0, 0.05) is 25.2 Å². The molecule has 0 radical (unpaired) electrons. The van der Waals surface area contributed by atoms with Gasteiger partial charge in [-0.3, -0.25) is 4.79 Å². The van der Waals surface area contributed by atoms with Crippen molar-refractivity contribution in [2.75, 3.05) is 27.3 Å². The molecule has 10 heteroatoms. The van der Waals surface area contributed by atoms with Crippen LogP contribution >= 0.6 is 11.3 Å². The van der Waals surface area contributed by atoms with Gasteiger partial charge in [0.2, 0.25) is 10.0 Å². The monoisotopic (exact) mass is 425 g/mol. The van der Waals surface area contributed by atoms with E-state index in [4.69, 9.17) is 9.47 Å². The lowest BCUT2D eigenvalue weighted by atomic mass is 10.1. The number of ether oxygens (including phenoxy) is 2. The molecule has 1 aromatic carbocycles. The van der Waals surface area contributed by atoms with E-state index in [1.54, 1.807) is 18.5 Å². The summed E-state index contributed by atoms with van der Waals surface area (Å²) >= 11 is 1.30. The van der Waals surface area contributed by atoms with Gasteiger partial charge in [0.05, 0.1) is 30.3 Å². The highest BCUT2D eigenvalue weighted by atomic mass is 32.2. The van der Waals surface area contributed by atoms with E-state index < -0.39 is 10.0 Å². The number of nitrogens with one attached hydrogen (secondary N) is 1. The number of rotatable bonds is 6. The molecular formula is C18H23N3O5S2. The zero-order valence-electron chi connectivity index (χ0n) is 16.0. The fourth-order valence-corrected chi connectivity index (χ4v) is 5.33. The summed E-state index contributed by atoms with van der Waals surface area (Å²) in [6, 6.07) is 4.49. The van der Waals surface area contributed by atoms with E-state index in [-0.39, 0.29) is 16.8 Å². The molecule has 0 bridgehead atoms. The van der Waals surface area contributed by atoms with Crippen LogP contribution in [0.5, 0.6) is 11.5 Å². The third-order valence-corrected chi connectivity index (χ3v) is 7.56. The van der Waals surface area contributed by atoms with Gasteiger partial charge in [-0.1, -0.05) is 0 Å². The average molecular weight is 426 g/mol. The minimum atomic E-state index is -3.64. The molecule has 3 rings (SSSR count). The second-order valence-electron chi connectivity index (χ2n) is 6.44. The summed E-state index contributed by atoms with van der Waals surface area (Å²) in [4.78, 5) is 17.2. The van der Waals surface area contributed by atoms with Crippen LogP contribution in [0.4, 0.5) is 0 Å². The summed E-state index contributed by atoms with van der Waals surface area (Å²) in [5.74, 6) is 0.688. The fraction of sp³-hybridized carbons (Fsp3) is 0.444. The Bertz CT molecular complexity index is 950. The fourth-order valence-electron chi connectivity index (χ4n) is 3.14. The number of carbonyl (C=O) groups excluding carboxylic acids is 1. The number of hydrogen-bond donors (Lipinski definition) is 1. The highest BCUT2D eigenvalue weighted by Crippen LogP contribution is 2.31. The van der Waals surface area contributed by atoms with Crippen molar-refractivity contribution in [3.8, 4) is 11.5 Å². The van der Waals surface area contributed by atoms with E-state index in [1.165, 1.54) is 42.0 Å². The lowest BCUT2D eigenvalue weighted by Gasteiger charge is -2.31. The van der Waals surface area contributed by atoms with Gasteiger partial charge in [-0.25, -0.2) is 13.4 Å². The van der Waals surface area contributed by atoms with Crippen molar-refractivity contribution < 1.29 is 22.7 Å². The largest absolute Gasteiger partial charge is 0.493 e. The van der Waals surface area contributed by atoms with Crippen LogP contribution in [0, 0.1) is 6.92 Å². The van der Waals surface area contributed by atoms with Crippen LogP contribution in [0.1, 0.15) is 28.2 Å². The van der Waals surface area contributed by atoms with E-state index in [2.05, 4.69) is 10.3 Å². The van der Waals surface area contributed by atoms with E-state index >= 15 is 0 Å². The molecule has 1 aromatic heterocycles. The van der Waals surface area contributed by atoms with Gasteiger partial charge in [-0.05, 0) is 31.9 Å². The van der Waals surface area contributed by atoms with Gasteiger partial charge in [0.15, 0.2) is 11.5 Å². The van der Waals surface area contributed by atoms with Crippen molar-refractivity contribution in [1.29, 1.82) is 0 Å². The molecule has 152 valence electrons. The molecular weight excluding hydrogens is 402 g/mol. The standard InChI is InChI=1S/C18H23N3O5S2/c1-12-17(27-11-19-12)18(22)20-13-6-8-21(9-7-13)28(23,24)14-4-5-15(25-2)16(10-14)26-3/h4-5,10-11,13H,6-9H2,1-3H3,(H,20,22). The number of piperidine rings is 1. The van der Waals surface area contributed by atoms with Crippen molar-refractivity contribution >= 4 is 27.3 Å². The third-order valence-electron chi connectivity index (χ3n) is 4.73. The normalized spacial score (nSPS) is 16.0. The first-order valence-corrected chi connectivity index (χ1v) is 11.1. The Balaban J connectivity index is 1.65. The van der Waals surface area contributed by atoms with Crippen molar-refractivity contribution in [2.24, 2.45) is 0 Å². The number of aryl methyl sites for hydroxylation is 1. The molecule has 8 nitrogen and oxygen atoms in total. The van der Waals surface area contributed by atoms with Crippen molar-refractivity contribution in [1.82, 2.24) is 14.6 Å². The summed E-state index contributed by atoms with van der Waals surface area (Å²) in [5.41, 5.74) is 2.35. The predicted octanol–water partition coefficient (Wildman–Crippen LogP) is 2.05. The molecule has 0 saturated carbocycles. The van der Waals surface area contributed by atoms with E-state index in [0.717, 1.165) is 0 Å². The Morgan fingerprint density at radius 3 is 2.46 bits per heavy atom. The van der Waals surface area contributed by atoms with E-state index in [0.29, 0.717) is 48.0 Å². The first-order chi connectivity index (χ1) is 13.4. The first kappa shape index (κ1) is 20.6. The molecule has 1 saturated heterocycles. The van der Waals surface area contributed by atoms with Gasteiger partial charge in [-0.2, -0.15) is 4.31 Å². The molecule has 1 fully saturated rings. The van der Waals surface area contributed by atoms with Gasteiger partial charge in [0.1, 0.15) is 4.88 Å². The predicted molar refractivity (Wildman–Crippen MR) is 106 cm³/mol. The van der Waals surface area contributed by atoms with Gasteiger partial charge in [-0.15, -0.1) is 11.3 Å². The van der Waals surface area contributed by atoms with Crippen molar-refractivity contribution in [3.63, 3.8) is 0 Å². The minimum Gasteiger partial charge on any atom is -0.493 e. The maximum absolute atomic E-state index is 13.0. The van der Waals surface area contributed by atoms with Crippen LogP contribution in [0.2, 0.25) is 0 Å². The summed E-state index contributed by atoms with van der Waals surface area (Å²) in [6.07, 6.45) is 1.10. The molecule has 1 aliphatic heterocycles. The van der Waals surface area contributed by atoms with Crippen LogP contribution in [0.25, 0.3) is 0 Å². The lowest BCUT2D eigenvalue weighted by molar-refractivity contribution is 0.0927. The van der Waals surface area contributed by atoms with Crippen molar-refractivity contribution in [3.05, 3.63) is 34.3 Å². The Morgan fingerprint density at radius 2 is 1.89 bits per heavy atom. The highest BCUT2D eigenvalue weighted by molar-refractivity contribution is 7.89. The molecule has 0 spiro atoms. The zero-order valence-corrected chi connectivity index (χ0v) is 17.6. The summed E-state index contributed by atoms with van der Waals surface area (Å²) in [6.45, 7) is 2.47. The molecule has 0 aliphatic carbocycles. The smallest absolute Gasteiger partial charge is 0.263 e. The maximum Gasteiger partial charge on any atom is 0.263 e. The third kappa shape index (κ3) is 4.13. The summed E-state index contributed by atoms with van der Waals surface area (Å²) in [7, 11) is -0.680. The Labute approximate surface area is 168 Å². The maximum atomic E-state index is 13.0. The second-order valence-corrected chi connectivity index (χ2v) is 9.23. The number of benzene rings is 1. The van der Waals surface area contributed by atoms with Gasteiger partial charge >= 0.3 is 0 Å². The number of sulfonamides is 1. The number of methoxy groups -OCH3 is 2. The Morgan fingerprint density at radius 1 is 1.21 bits per heavy atom. The number of carbonyl (C=O) groups is 1. The average Bonchev–Trinajstić information content (AvgIpc) is 3.13. The van der Waals surface area contributed by atoms with Crippen LogP contribution in [0.3, 0.4) is 0 Å². The summed E-state index contributed by atoms with van der Waals surface area (Å²) < 4.78 is 37.7. The van der Waals surface area contributed by atoms with Crippen molar-refractivity contribution in [2.45, 2.75) is 30.7 Å². The number of amides is 1. The van der Waals surface area contributed by atoms with Crippen LogP contribution in [-0.4, -0.2) is 57.0 Å². The molecule has 2 heterocycles. The molecule has 1 aliphatic rings. The molecule has 28 heavy (non-hydrogen) atoms. The number of hydrogen-bond acceptors (Lipinski definition) is 7. The number of nitrogens with zero attached hydrogens (tertiary/aromatic N) is 2. The van der Waals surface area contributed by atoms with Gasteiger partial charge < -0.3 is 14.8 Å². The first-order valence-electron chi connectivity index (χ1n) is 8.80. The van der Waals surface area contributed by atoms with Crippen LogP contribution in [0.15, 0.2) is 28.6 Å². The number of thiazole rings is 1. The molecule has 0 unspecified atom stereocenters. The molecule has 2 aromatic rings. The summed E-state index contributed by atoms with van der Waals surface area (Å²) in [5, 5.41) is 2.98. The Kier molecular flexibility index (Phi) is 6.21. The van der Waals surface area contributed by atoms with E-state index in [9.17, 15) is 13.2 Å². The number of aromatic nitrogens is 1. The Hall–Kier alpha value is -2.17. The van der Waals surface area contributed by atoms with Gasteiger partial charge in [0.25, 0.3) is 5.91 Å². The molecule has 1 amide bonds. The second kappa shape index (κ2) is 8.46. The molecule has 0 atom stereocenters. The lowest BCUT2D eigenvalue weighted by Crippen LogP contribution is -2.46. The van der Waals surface area contributed by atoms with Crippen LogP contribution in [-0.2, 0) is 10.0 Å². The molecule has 1 N–H and O–H groups in total. The SMILES string of the molecule is COc1ccc(S(=O)(=O)N2CCC(NC(=O)c3scnc3C)CC2)cc1OC. The van der Waals surface area contributed by atoms with E-state index in [1.807, 2.05) is 0 Å². The topological polar surface area (TPSA) is 97.8 Å². The highest BCUT2D eigenvalue weighted by Gasteiger charge is 2.31.